The number of halogens is 1. The van der Waals surface area contributed by atoms with Crippen LogP contribution in [0.5, 0.6) is 17.4 Å². The number of nitrogens with zero attached hydrogens (tertiary/aromatic N) is 2. The molecule has 2 heterocycles. The van der Waals surface area contributed by atoms with Gasteiger partial charge in [-0.2, -0.15) is 0 Å². The molecule has 0 unspecified atom stereocenters. The number of para-hydroxylation sites is 1. The van der Waals surface area contributed by atoms with E-state index < -0.39 is 0 Å². The van der Waals surface area contributed by atoms with Gasteiger partial charge in [0.1, 0.15) is 11.5 Å². The molecule has 1 aliphatic rings. The number of methoxy groups -OCH3 is 1. The van der Waals surface area contributed by atoms with Crippen LogP contribution < -0.4 is 14.8 Å². The summed E-state index contributed by atoms with van der Waals surface area (Å²) in [4.78, 5) is 19.3. The van der Waals surface area contributed by atoms with E-state index in [1.807, 2.05) is 42.5 Å². The van der Waals surface area contributed by atoms with Gasteiger partial charge < -0.3 is 14.8 Å². The van der Waals surface area contributed by atoms with Gasteiger partial charge in [0, 0.05) is 48.0 Å². The van der Waals surface area contributed by atoms with Crippen LogP contribution in [0.3, 0.4) is 0 Å². The molecule has 3 aromatic rings. The number of carbonyl (C=O) groups excluding carboxylic acids is 1. The van der Waals surface area contributed by atoms with E-state index in [1.54, 1.807) is 25.4 Å². The number of nitrogens with one attached hydrogen (secondary N) is 1. The van der Waals surface area contributed by atoms with Crippen LogP contribution in [-0.2, 0) is 6.54 Å². The molecule has 0 aliphatic carbocycles. The van der Waals surface area contributed by atoms with Gasteiger partial charge in [0.05, 0.1) is 12.7 Å². The maximum atomic E-state index is 12.7. The minimum Gasteiger partial charge on any atom is -0.496 e. The summed E-state index contributed by atoms with van der Waals surface area (Å²) >= 11 is 3.42. The Labute approximate surface area is 196 Å². The summed E-state index contributed by atoms with van der Waals surface area (Å²) in [7, 11) is 1.70. The monoisotopic (exact) mass is 495 g/mol. The second-order valence-electron chi connectivity index (χ2n) is 7.78. The first-order valence-electron chi connectivity index (χ1n) is 10.7. The summed E-state index contributed by atoms with van der Waals surface area (Å²) < 4.78 is 12.1. The van der Waals surface area contributed by atoms with Crippen LogP contribution in [0.2, 0.25) is 0 Å². The minimum atomic E-state index is -0.102. The Bertz CT molecular complexity index is 1050. The molecule has 4 rings (SSSR count). The molecule has 1 aliphatic heterocycles. The molecular formula is C25H26BrN3O3. The zero-order valence-corrected chi connectivity index (χ0v) is 19.5. The van der Waals surface area contributed by atoms with Gasteiger partial charge in [0.15, 0.2) is 0 Å². The van der Waals surface area contributed by atoms with Crippen molar-refractivity contribution >= 4 is 21.8 Å². The van der Waals surface area contributed by atoms with Crippen molar-refractivity contribution in [2.24, 2.45) is 0 Å². The van der Waals surface area contributed by atoms with Crippen molar-refractivity contribution in [1.82, 2.24) is 15.2 Å². The van der Waals surface area contributed by atoms with Gasteiger partial charge in [-0.05, 0) is 43.2 Å². The molecule has 7 heteroatoms. The van der Waals surface area contributed by atoms with Crippen molar-refractivity contribution in [2.75, 3.05) is 20.2 Å². The normalized spacial score (nSPS) is 14.7. The van der Waals surface area contributed by atoms with Gasteiger partial charge in [-0.25, -0.2) is 4.98 Å². The van der Waals surface area contributed by atoms with Crippen LogP contribution in [0.15, 0.2) is 71.3 Å². The fourth-order valence-electron chi connectivity index (χ4n) is 3.80. The fraction of sp³-hybridized carbons (Fsp3) is 0.280. The number of carbonyl (C=O) groups is 1. The maximum Gasteiger partial charge on any atom is 0.253 e. The molecule has 0 radical (unpaired) electrons. The lowest BCUT2D eigenvalue weighted by Crippen LogP contribution is -2.44. The van der Waals surface area contributed by atoms with Crippen molar-refractivity contribution in [3.8, 4) is 17.4 Å². The van der Waals surface area contributed by atoms with E-state index in [0.717, 1.165) is 42.7 Å². The molecule has 0 saturated carbocycles. The second-order valence-corrected chi connectivity index (χ2v) is 8.70. The summed E-state index contributed by atoms with van der Waals surface area (Å²) in [5, 5.41) is 3.14. The molecule has 0 bridgehead atoms. The van der Waals surface area contributed by atoms with Gasteiger partial charge in [-0.15, -0.1) is 0 Å². The van der Waals surface area contributed by atoms with E-state index in [9.17, 15) is 4.79 Å². The molecule has 2 aromatic carbocycles. The first-order chi connectivity index (χ1) is 15.6. The van der Waals surface area contributed by atoms with Gasteiger partial charge >= 0.3 is 0 Å². The maximum absolute atomic E-state index is 12.7. The molecule has 32 heavy (non-hydrogen) atoms. The van der Waals surface area contributed by atoms with E-state index in [4.69, 9.17) is 9.47 Å². The topological polar surface area (TPSA) is 63.7 Å². The molecule has 0 atom stereocenters. The summed E-state index contributed by atoms with van der Waals surface area (Å²) in [5.74, 6) is 1.95. The van der Waals surface area contributed by atoms with Crippen molar-refractivity contribution in [1.29, 1.82) is 0 Å². The lowest BCUT2D eigenvalue weighted by atomic mass is 10.0. The fourth-order valence-corrected chi connectivity index (χ4v) is 4.18. The van der Waals surface area contributed by atoms with E-state index >= 15 is 0 Å². The van der Waals surface area contributed by atoms with E-state index in [0.29, 0.717) is 17.2 Å². The third-order valence-corrected chi connectivity index (χ3v) is 6.02. The van der Waals surface area contributed by atoms with Crippen molar-refractivity contribution in [3.63, 3.8) is 0 Å². The number of amides is 1. The smallest absolute Gasteiger partial charge is 0.253 e. The summed E-state index contributed by atoms with van der Waals surface area (Å²) in [5.41, 5.74) is 1.72. The second kappa shape index (κ2) is 10.6. The van der Waals surface area contributed by atoms with Crippen LogP contribution in [0.4, 0.5) is 0 Å². The van der Waals surface area contributed by atoms with Gasteiger partial charge in [-0.1, -0.05) is 40.2 Å². The third kappa shape index (κ3) is 5.87. The summed E-state index contributed by atoms with van der Waals surface area (Å²) in [6.45, 7) is 2.72. The standard InChI is InChI=1S/C25H26BrN3O3/c1-31-23-8-3-2-5-19(23)17-29-13-11-21(12-14-29)28-25(30)18-9-10-24(27-16-18)32-22-7-4-6-20(26)15-22/h2-10,15-16,21H,11-14,17H2,1H3,(H,28,30). The van der Waals surface area contributed by atoms with E-state index in [1.165, 1.54) is 5.56 Å². The molecule has 166 valence electrons. The number of pyridine rings is 1. The number of hydrogen-bond donors (Lipinski definition) is 1. The molecule has 1 saturated heterocycles. The predicted octanol–water partition coefficient (Wildman–Crippen LogP) is 5.04. The zero-order valence-electron chi connectivity index (χ0n) is 18.0. The zero-order chi connectivity index (χ0) is 22.3. The number of ether oxygens (including phenoxy) is 2. The number of likely N-dealkylation sites (tertiary alicyclic amines) is 1. The molecule has 1 amide bonds. The Hall–Kier alpha value is -2.90. The number of aromatic nitrogens is 1. The van der Waals surface area contributed by atoms with Crippen molar-refractivity contribution in [2.45, 2.75) is 25.4 Å². The molecule has 1 fully saturated rings. The number of piperidine rings is 1. The summed E-state index contributed by atoms with van der Waals surface area (Å²) in [6.07, 6.45) is 3.39. The first-order valence-corrected chi connectivity index (χ1v) is 11.4. The van der Waals surface area contributed by atoms with Crippen LogP contribution in [-0.4, -0.2) is 42.0 Å². The lowest BCUT2D eigenvalue weighted by molar-refractivity contribution is 0.0908. The van der Waals surface area contributed by atoms with Crippen LogP contribution in [0, 0.1) is 0 Å². The minimum absolute atomic E-state index is 0.102. The Balaban J connectivity index is 1.26. The Morgan fingerprint density at radius 3 is 2.66 bits per heavy atom. The van der Waals surface area contributed by atoms with Crippen LogP contribution in [0.1, 0.15) is 28.8 Å². The third-order valence-electron chi connectivity index (χ3n) is 5.53. The lowest BCUT2D eigenvalue weighted by Gasteiger charge is -2.32. The Kier molecular flexibility index (Phi) is 7.39. The average molecular weight is 496 g/mol. The molecule has 1 aromatic heterocycles. The number of hydrogen-bond acceptors (Lipinski definition) is 5. The number of benzene rings is 2. The van der Waals surface area contributed by atoms with Crippen LogP contribution >= 0.6 is 15.9 Å². The highest BCUT2D eigenvalue weighted by molar-refractivity contribution is 9.10. The van der Waals surface area contributed by atoms with E-state index in [-0.39, 0.29) is 11.9 Å². The largest absolute Gasteiger partial charge is 0.496 e. The predicted molar refractivity (Wildman–Crippen MR) is 127 cm³/mol. The van der Waals surface area contributed by atoms with Crippen molar-refractivity contribution < 1.29 is 14.3 Å². The highest BCUT2D eigenvalue weighted by Crippen LogP contribution is 2.24. The SMILES string of the molecule is COc1ccccc1CN1CCC(NC(=O)c2ccc(Oc3cccc(Br)c3)nc2)CC1. The van der Waals surface area contributed by atoms with Crippen molar-refractivity contribution in [3.05, 3.63) is 82.5 Å². The average Bonchev–Trinajstić information content (AvgIpc) is 2.81. The Morgan fingerprint density at radius 2 is 1.94 bits per heavy atom. The van der Waals surface area contributed by atoms with Gasteiger partial charge in [0.2, 0.25) is 5.88 Å². The molecule has 1 N–H and O–H groups in total. The van der Waals surface area contributed by atoms with Gasteiger partial charge in [0.25, 0.3) is 5.91 Å². The van der Waals surface area contributed by atoms with E-state index in [2.05, 4.69) is 37.2 Å². The molecule has 6 nitrogen and oxygen atoms in total. The summed E-state index contributed by atoms with van der Waals surface area (Å²) in [6, 6.07) is 19.3. The first kappa shape index (κ1) is 22.3. The highest BCUT2D eigenvalue weighted by atomic mass is 79.9. The van der Waals surface area contributed by atoms with Gasteiger partial charge in [-0.3, -0.25) is 9.69 Å². The number of rotatable bonds is 7. The molecular weight excluding hydrogens is 470 g/mol. The quantitative estimate of drug-likeness (QED) is 0.497. The molecule has 0 spiro atoms. The van der Waals surface area contributed by atoms with Crippen LogP contribution in [0.25, 0.3) is 0 Å². The Morgan fingerprint density at radius 1 is 1.12 bits per heavy atom. The highest BCUT2D eigenvalue weighted by Gasteiger charge is 2.22.